The van der Waals surface area contributed by atoms with Crippen molar-refractivity contribution in [3.8, 4) is 0 Å². The Bertz CT molecular complexity index is 845. The first kappa shape index (κ1) is 13.8. The van der Waals surface area contributed by atoms with Crippen molar-refractivity contribution in [2.45, 2.75) is 6.54 Å². The molecule has 2 aromatic carbocycles. The third-order valence-electron chi connectivity index (χ3n) is 3.33. The number of nitro groups is 1. The molecule has 0 radical (unpaired) electrons. The Morgan fingerprint density at radius 1 is 1.24 bits per heavy atom. The normalized spacial score (nSPS) is 11.0. The van der Waals surface area contributed by atoms with Gasteiger partial charge < -0.3 is 4.57 Å². The van der Waals surface area contributed by atoms with E-state index in [2.05, 4.69) is 15.9 Å². The molecule has 0 saturated carbocycles. The fraction of sp³-hybridized carbons (Fsp3) is 0.0667. The van der Waals surface area contributed by atoms with E-state index in [1.165, 1.54) is 18.2 Å². The summed E-state index contributed by atoms with van der Waals surface area (Å²) >= 11 is 3.29. The summed E-state index contributed by atoms with van der Waals surface area (Å²) < 4.78 is 15.6. The lowest BCUT2D eigenvalue weighted by atomic mass is 10.2. The zero-order chi connectivity index (χ0) is 15.0. The smallest absolute Gasteiger partial charge is 0.283 e. The summed E-state index contributed by atoms with van der Waals surface area (Å²) in [5.74, 6) is -0.281. The maximum Gasteiger partial charge on any atom is 0.283 e. The van der Waals surface area contributed by atoms with Crippen molar-refractivity contribution >= 4 is 32.5 Å². The number of rotatable bonds is 3. The predicted molar refractivity (Wildman–Crippen MR) is 81.8 cm³/mol. The number of nitrogens with zero attached hydrogens (tertiary/aromatic N) is 2. The lowest BCUT2D eigenvalue weighted by Gasteiger charge is -2.08. The van der Waals surface area contributed by atoms with Gasteiger partial charge in [0, 0.05) is 29.7 Å². The molecule has 1 aromatic heterocycles. The van der Waals surface area contributed by atoms with E-state index in [4.69, 9.17) is 0 Å². The first-order valence-electron chi connectivity index (χ1n) is 6.22. The van der Waals surface area contributed by atoms with Crippen LogP contribution in [-0.4, -0.2) is 9.49 Å². The van der Waals surface area contributed by atoms with Crippen molar-refractivity contribution in [3.63, 3.8) is 0 Å². The maximum atomic E-state index is 13.2. The van der Waals surface area contributed by atoms with Crippen molar-refractivity contribution in [2.75, 3.05) is 0 Å². The highest BCUT2D eigenvalue weighted by atomic mass is 79.9. The Morgan fingerprint density at radius 3 is 2.81 bits per heavy atom. The van der Waals surface area contributed by atoms with Crippen LogP contribution in [0.25, 0.3) is 10.9 Å². The van der Waals surface area contributed by atoms with E-state index >= 15 is 0 Å². The highest BCUT2D eigenvalue weighted by Crippen LogP contribution is 2.29. The molecule has 0 amide bonds. The van der Waals surface area contributed by atoms with Crippen LogP contribution in [0.2, 0.25) is 0 Å². The van der Waals surface area contributed by atoms with Crippen LogP contribution in [0.5, 0.6) is 0 Å². The summed E-state index contributed by atoms with van der Waals surface area (Å²) in [7, 11) is 0. The van der Waals surface area contributed by atoms with Gasteiger partial charge in [-0.05, 0) is 45.8 Å². The molecular weight excluding hydrogens is 339 g/mol. The molecule has 21 heavy (non-hydrogen) atoms. The van der Waals surface area contributed by atoms with Gasteiger partial charge in [0.25, 0.3) is 5.69 Å². The number of hydrogen-bond acceptors (Lipinski definition) is 2. The fourth-order valence-corrected chi connectivity index (χ4v) is 2.86. The molecule has 0 N–H and O–H groups in total. The second-order valence-electron chi connectivity index (χ2n) is 4.65. The molecule has 0 atom stereocenters. The number of benzene rings is 2. The number of aromatic nitrogens is 1. The molecule has 106 valence electrons. The summed E-state index contributed by atoms with van der Waals surface area (Å²) in [6.07, 6.45) is 1.84. The molecule has 0 aliphatic heterocycles. The van der Waals surface area contributed by atoms with E-state index in [1.54, 1.807) is 12.1 Å². The van der Waals surface area contributed by atoms with Crippen LogP contribution >= 0.6 is 15.9 Å². The molecule has 1 heterocycles. The molecule has 0 unspecified atom stereocenters. The van der Waals surface area contributed by atoms with Gasteiger partial charge in [-0.1, -0.05) is 12.1 Å². The Kier molecular flexibility index (Phi) is 3.47. The summed E-state index contributed by atoms with van der Waals surface area (Å²) in [6.45, 7) is 0.470. The van der Waals surface area contributed by atoms with Gasteiger partial charge in [-0.2, -0.15) is 0 Å². The third kappa shape index (κ3) is 2.54. The fourth-order valence-electron chi connectivity index (χ4n) is 2.32. The topological polar surface area (TPSA) is 48.1 Å². The first-order chi connectivity index (χ1) is 10.1. The van der Waals surface area contributed by atoms with E-state index in [1.807, 2.05) is 22.9 Å². The van der Waals surface area contributed by atoms with E-state index in [9.17, 15) is 14.5 Å². The van der Waals surface area contributed by atoms with Gasteiger partial charge in [-0.3, -0.25) is 10.1 Å². The molecule has 0 bridgehead atoms. The monoisotopic (exact) mass is 348 g/mol. The van der Waals surface area contributed by atoms with Gasteiger partial charge in [-0.25, -0.2) is 4.39 Å². The quantitative estimate of drug-likeness (QED) is 0.516. The van der Waals surface area contributed by atoms with Crippen LogP contribution in [0.15, 0.2) is 53.1 Å². The third-order valence-corrected chi connectivity index (χ3v) is 4.24. The van der Waals surface area contributed by atoms with Crippen LogP contribution in [-0.2, 0) is 6.54 Å². The average Bonchev–Trinajstić information content (AvgIpc) is 2.83. The van der Waals surface area contributed by atoms with Crippen LogP contribution in [0.4, 0.5) is 10.1 Å². The van der Waals surface area contributed by atoms with Gasteiger partial charge in [0.2, 0.25) is 0 Å². The van der Waals surface area contributed by atoms with E-state index in [-0.39, 0.29) is 11.5 Å². The van der Waals surface area contributed by atoms with Crippen LogP contribution < -0.4 is 0 Å². The van der Waals surface area contributed by atoms with E-state index in [0.29, 0.717) is 11.0 Å². The Morgan fingerprint density at radius 2 is 2.05 bits per heavy atom. The highest BCUT2D eigenvalue weighted by molar-refractivity contribution is 9.10. The predicted octanol–water partition coefficient (Wildman–Crippen LogP) is 4.50. The number of fused-ring (bicyclic) bond motifs is 1. The molecule has 3 aromatic rings. The molecule has 0 spiro atoms. The minimum Gasteiger partial charge on any atom is -0.343 e. The Balaban J connectivity index is 2.03. The Hall–Kier alpha value is -2.21. The van der Waals surface area contributed by atoms with Crippen LogP contribution in [0.1, 0.15) is 5.56 Å². The largest absolute Gasteiger partial charge is 0.343 e. The van der Waals surface area contributed by atoms with Crippen molar-refractivity contribution in [2.24, 2.45) is 0 Å². The summed E-state index contributed by atoms with van der Waals surface area (Å²) in [5, 5.41) is 11.8. The van der Waals surface area contributed by atoms with Gasteiger partial charge in [0.05, 0.1) is 4.92 Å². The summed E-state index contributed by atoms with van der Waals surface area (Å²) in [6, 6.07) is 11.3. The zero-order valence-corrected chi connectivity index (χ0v) is 12.4. The first-order valence-corrected chi connectivity index (χ1v) is 7.02. The molecule has 4 nitrogen and oxygen atoms in total. The van der Waals surface area contributed by atoms with E-state index in [0.717, 1.165) is 16.5 Å². The molecule has 0 aliphatic rings. The van der Waals surface area contributed by atoms with Crippen molar-refractivity contribution in [3.05, 3.63) is 74.6 Å². The molecule has 0 saturated heterocycles. The minimum atomic E-state index is -0.420. The molecule has 0 aliphatic carbocycles. The minimum absolute atomic E-state index is 0.0370. The zero-order valence-electron chi connectivity index (χ0n) is 10.8. The highest BCUT2D eigenvalue weighted by Gasteiger charge is 2.15. The number of halogens is 2. The number of nitro benzene ring substituents is 1. The standard InChI is InChI=1S/C15H10BrFN2O2/c16-15-11(2-1-3-14(15)19(20)21)9-18-7-6-10-8-12(17)4-5-13(10)18/h1-8H,9H2. The molecular formula is C15H10BrFN2O2. The van der Waals surface area contributed by atoms with Crippen LogP contribution in [0.3, 0.4) is 0 Å². The molecule has 0 fully saturated rings. The van der Waals surface area contributed by atoms with Crippen molar-refractivity contribution in [1.82, 2.24) is 4.57 Å². The van der Waals surface area contributed by atoms with Crippen molar-refractivity contribution in [1.29, 1.82) is 0 Å². The molecule has 3 rings (SSSR count). The lowest BCUT2D eigenvalue weighted by Crippen LogP contribution is -2.00. The van der Waals surface area contributed by atoms with Crippen molar-refractivity contribution < 1.29 is 9.31 Å². The van der Waals surface area contributed by atoms with Gasteiger partial charge in [0.1, 0.15) is 10.3 Å². The maximum absolute atomic E-state index is 13.2. The second-order valence-corrected chi connectivity index (χ2v) is 5.45. The second kappa shape index (κ2) is 5.29. The summed E-state index contributed by atoms with van der Waals surface area (Å²) in [5.41, 5.74) is 1.72. The SMILES string of the molecule is O=[N+]([O-])c1cccc(Cn2ccc3cc(F)ccc32)c1Br. The number of hydrogen-bond donors (Lipinski definition) is 0. The average molecular weight is 349 g/mol. The lowest BCUT2D eigenvalue weighted by molar-refractivity contribution is -0.385. The molecule has 6 heteroatoms. The van der Waals surface area contributed by atoms with E-state index < -0.39 is 4.92 Å². The summed E-state index contributed by atoms with van der Waals surface area (Å²) in [4.78, 5) is 10.5. The Labute approximate surface area is 128 Å². The van der Waals surface area contributed by atoms with Gasteiger partial charge in [-0.15, -0.1) is 0 Å². The van der Waals surface area contributed by atoms with Gasteiger partial charge >= 0.3 is 0 Å². The van der Waals surface area contributed by atoms with Gasteiger partial charge in [0.15, 0.2) is 0 Å². The van der Waals surface area contributed by atoms with Crippen LogP contribution in [0, 0.1) is 15.9 Å².